The molecule has 1 fully saturated rings. The number of carbonyl (C=O) groups excluding carboxylic acids is 3. The van der Waals surface area contributed by atoms with Crippen LogP contribution in [-0.4, -0.2) is 90.3 Å². The van der Waals surface area contributed by atoms with E-state index in [0.29, 0.717) is 39.0 Å². The molecule has 2 aromatic rings. The predicted octanol–water partition coefficient (Wildman–Crippen LogP) is 6.07. The largest absolute Gasteiger partial charge is 0.478 e. The number of carbonyl (C=O) groups is 4. The van der Waals surface area contributed by atoms with Crippen LogP contribution in [-0.2, 0) is 24.5 Å². The maximum atomic E-state index is 14.9. The fourth-order valence-electron chi connectivity index (χ4n) is 8.16. The zero-order valence-corrected chi connectivity index (χ0v) is 30.4. The van der Waals surface area contributed by atoms with Gasteiger partial charge in [0.2, 0.25) is 11.8 Å². The Labute approximate surface area is 295 Å². The Balaban J connectivity index is 1.36. The molecule has 2 atom stereocenters. The van der Waals surface area contributed by atoms with Gasteiger partial charge in [-0.15, -0.1) is 0 Å². The van der Waals surface area contributed by atoms with Crippen LogP contribution in [0.5, 0.6) is 0 Å². The third kappa shape index (κ3) is 7.36. The first kappa shape index (κ1) is 36.8. The van der Waals surface area contributed by atoms with Crippen LogP contribution in [0, 0.1) is 10.8 Å². The van der Waals surface area contributed by atoms with Crippen LogP contribution >= 0.6 is 0 Å². The molecule has 1 saturated heterocycles. The van der Waals surface area contributed by atoms with Gasteiger partial charge in [-0.2, -0.15) is 0 Å². The zero-order chi connectivity index (χ0) is 36.5. The maximum absolute atomic E-state index is 14.9. The molecular formula is C40H51N3O7. The molecule has 3 amide bonds. The van der Waals surface area contributed by atoms with Crippen molar-refractivity contribution in [3.8, 4) is 0 Å². The Hall–Kier alpha value is -4.44. The average Bonchev–Trinajstić information content (AvgIpc) is 3.06. The van der Waals surface area contributed by atoms with Gasteiger partial charge < -0.3 is 29.7 Å². The Morgan fingerprint density at radius 1 is 0.920 bits per heavy atom. The number of nitrogens with zero attached hydrogens (tertiary/aromatic N) is 2. The first-order valence-corrected chi connectivity index (χ1v) is 17.4. The molecule has 10 heteroatoms. The van der Waals surface area contributed by atoms with Crippen molar-refractivity contribution in [3.63, 3.8) is 0 Å². The number of amides is 3. The lowest BCUT2D eigenvalue weighted by atomic mass is 9.58. The number of piperidine rings is 1. The summed E-state index contributed by atoms with van der Waals surface area (Å²) in [6.45, 7) is 13.7. The molecule has 2 aromatic carbocycles. The van der Waals surface area contributed by atoms with Crippen molar-refractivity contribution in [1.82, 2.24) is 15.1 Å². The number of nitrogens with one attached hydrogen (secondary N) is 1. The fourth-order valence-corrected chi connectivity index (χ4v) is 8.16. The molecule has 50 heavy (non-hydrogen) atoms. The quantitative estimate of drug-likeness (QED) is 0.323. The van der Waals surface area contributed by atoms with Gasteiger partial charge in [-0.1, -0.05) is 81.0 Å². The molecule has 0 radical (unpaired) electrons. The van der Waals surface area contributed by atoms with Crippen LogP contribution in [0.15, 0.2) is 72.3 Å². The van der Waals surface area contributed by atoms with E-state index < -0.39 is 29.1 Å². The van der Waals surface area contributed by atoms with Crippen molar-refractivity contribution in [2.45, 2.75) is 77.9 Å². The van der Waals surface area contributed by atoms with Crippen LogP contribution in [0.4, 0.5) is 4.79 Å². The topological polar surface area (TPSA) is 125 Å². The highest BCUT2D eigenvalue weighted by Gasteiger charge is 2.51. The number of hydrogen-bond acceptors (Lipinski definition) is 6. The Kier molecular flexibility index (Phi) is 10.4. The van der Waals surface area contributed by atoms with Gasteiger partial charge in [0.1, 0.15) is 11.6 Å². The molecule has 0 unspecified atom stereocenters. The SMILES string of the molecule is COC[C@H](NC(=O)OC(C)(C)C)C(=O)N1CCC(C(=O)N2CC=C3C(C)(C)C(c4ccc(C(=O)O)cc4)=CC[C@]3(C)C2)(c2ccccc2)CC1. The summed E-state index contributed by atoms with van der Waals surface area (Å²) in [5.74, 6) is -1.16. The lowest BCUT2D eigenvalue weighted by Gasteiger charge is -2.52. The molecule has 0 bridgehead atoms. The minimum atomic E-state index is -0.947. The lowest BCUT2D eigenvalue weighted by Crippen LogP contribution is -2.59. The van der Waals surface area contributed by atoms with E-state index in [0.717, 1.165) is 23.1 Å². The maximum Gasteiger partial charge on any atom is 0.408 e. The molecule has 2 heterocycles. The van der Waals surface area contributed by atoms with Crippen molar-refractivity contribution >= 4 is 29.5 Å². The number of allylic oxidation sites excluding steroid dienone is 2. The lowest BCUT2D eigenvalue weighted by molar-refractivity contribution is -0.145. The Bertz CT molecular complexity index is 1660. The number of alkyl carbamates (subject to hydrolysis) is 1. The molecule has 1 aliphatic carbocycles. The normalized spacial score (nSPS) is 22.0. The number of rotatable bonds is 8. The number of aromatic carboxylic acids is 1. The molecule has 0 spiro atoms. The van der Waals surface area contributed by atoms with Gasteiger partial charge >= 0.3 is 12.1 Å². The van der Waals surface area contributed by atoms with Gasteiger partial charge in [-0.3, -0.25) is 9.59 Å². The second-order valence-corrected chi connectivity index (χ2v) is 15.6. The number of hydrogen-bond donors (Lipinski definition) is 2. The van der Waals surface area contributed by atoms with E-state index in [2.05, 4.69) is 38.2 Å². The highest BCUT2D eigenvalue weighted by atomic mass is 16.6. The number of benzene rings is 2. The van der Waals surface area contributed by atoms with E-state index >= 15 is 0 Å². The summed E-state index contributed by atoms with van der Waals surface area (Å²) < 4.78 is 10.7. The summed E-state index contributed by atoms with van der Waals surface area (Å²) in [6, 6.07) is 16.0. The molecule has 0 aromatic heterocycles. The first-order chi connectivity index (χ1) is 23.5. The van der Waals surface area contributed by atoms with Crippen molar-refractivity contribution in [3.05, 3.63) is 89.0 Å². The smallest absolute Gasteiger partial charge is 0.408 e. The standard InChI is InChI=1S/C40H51N3O7/c1-37(2,3)50-36(48)41-31(25-49-7)33(44)42-23-20-40(21-24-42,29-11-9-8-10-12-29)35(47)43-22-18-32-38(4,5)30(17-19-39(32,6)26-43)27-13-15-28(16-14-27)34(45)46/h8-18,31H,19-26H2,1-7H3,(H,41,48)(H,45,46)/t31-,39+/m0/s1. The van der Waals surface area contributed by atoms with E-state index in [9.17, 15) is 24.3 Å². The average molecular weight is 686 g/mol. The van der Waals surface area contributed by atoms with Gasteiger partial charge in [-0.05, 0) is 68.9 Å². The van der Waals surface area contributed by atoms with Crippen LogP contribution in [0.25, 0.3) is 5.57 Å². The monoisotopic (exact) mass is 685 g/mol. The third-order valence-electron chi connectivity index (χ3n) is 10.5. The van der Waals surface area contributed by atoms with E-state index in [4.69, 9.17) is 9.47 Å². The van der Waals surface area contributed by atoms with Crippen LogP contribution in [0.1, 0.15) is 82.3 Å². The summed E-state index contributed by atoms with van der Waals surface area (Å²) in [4.78, 5) is 56.2. The predicted molar refractivity (Wildman–Crippen MR) is 192 cm³/mol. The Morgan fingerprint density at radius 3 is 2.14 bits per heavy atom. The Morgan fingerprint density at radius 2 is 1.56 bits per heavy atom. The van der Waals surface area contributed by atoms with E-state index in [1.807, 2.05) is 47.4 Å². The van der Waals surface area contributed by atoms with Crippen LogP contribution in [0.3, 0.4) is 0 Å². The molecule has 2 aliphatic heterocycles. The summed E-state index contributed by atoms with van der Waals surface area (Å²) in [6.07, 6.45) is 5.41. The first-order valence-electron chi connectivity index (χ1n) is 17.4. The molecule has 10 nitrogen and oxygen atoms in total. The highest BCUT2D eigenvalue weighted by Crippen LogP contribution is 2.55. The van der Waals surface area contributed by atoms with E-state index in [1.54, 1.807) is 37.8 Å². The molecular weight excluding hydrogens is 634 g/mol. The molecule has 2 N–H and O–H groups in total. The minimum Gasteiger partial charge on any atom is -0.478 e. The number of carboxylic acids is 1. The second kappa shape index (κ2) is 14.1. The van der Waals surface area contributed by atoms with E-state index in [1.165, 1.54) is 12.7 Å². The van der Waals surface area contributed by atoms with Crippen LogP contribution in [0.2, 0.25) is 0 Å². The fraction of sp³-hybridized carbons (Fsp3) is 0.500. The highest BCUT2D eigenvalue weighted by molar-refractivity contribution is 5.91. The molecule has 0 saturated carbocycles. The van der Waals surface area contributed by atoms with Crippen molar-refractivity contribution in [1.29, 1.82) is 0 Å². The summed E-state index contributed by atoms with van der Waals surface area (Å²) >= 11 is 0. The molecule has 5 rings (SSSR count). The zero-order valence-electron chi connectivity index (χ0n) is 30.4. The number of ether oxygens (including phenoxy) is 2. The third-order valence-corrected chi connectivity index (χ3v) is 10.5. The van der Waals surface area contributed by atoms with Gasteiger partial charge in [0.25, 0.3) is 0 Å². The van der Waals surface area contributed by atoms with Crippen molar-refractivity contribution in [2.75, 3.05) is 39.9 Å². The summed E-state index contributed by atoms with van der Waals surface area (Å²) in [7, 11) is 1.48. The van der Waals surface area contributed by atoms with Gasteiger partial charge in [0.15, 0.2) is 0 Å². The molecule has 268 valence electrons. The molecule has 3 aliphatic rings. The summed E-state index contributed by atoms with van der Waals surface area (Å²) in [5, 5.41) is 12.0. The van der Waals surface area contributed by atoms with Gasteiger partial charge in [0, 0.05) is 44.1 Å². The van der Waals surface area contributed by atoms with Crippen molar-refractivity contribution in [2.24, 2.45) is 10.8 Å². The second-order valence-electron chi connectivity index (χ2n) is 15.6. The number of carboxylic acid groups (broad SMARTS) is 1. The van der Waals surface area contributed by atoms with Gasteiger partial charge in [-0.25, -0.2) is 9.59 Å². The van der Waals surface area contributed by atoms with Gasteiger partial charge in [0.05, 0.1) is 17.6 Å². The number of methoxy groups -OCH3 is 1. The number of fused-ring (bicyclic) bond motifs is 1. The summed E-state index contributed by atoms with van der Waals surface area (Å²) in [5.41, 5.74) is 2.51. The minimum absolute atomic E-state index is 0.00147. The number of likely N-dealkylation sites (tertiary alicyclic amines) is 1. The van der Waals surface area contributed by atoms with E-state index in [-0.39, 0.29) is 34.8 Å². The van der Waals surface area contributed by atoms with Crippen molar-refractivity contribution < 1.29 is 33.8 Å². The van der Waals surface area contributed by atoms with Crippen LogP contribution < -0.4 is 5.32 Å².